The number of rotatable bonds is 3. The van der Waals surface area contributed by atoms with E-state index >= 15 is 0 Å². The van der Waals surface area contributed by atoms with Gasteiger partial charge >= 0.3 is 5.97 Å². The van der Waals surface area contributed by atoms with Crippen LogP contribution in [0.1, 0.15) is 20.3 Å². The highest BCUT2D eigenvalue weighted by Crippen LogP contribution is 2.02. The van der Waals surface area contributed by atoms with Gasteiger partial charge in [0.15, 0.2) is 0 Å². The summed E-state index contributed by atoms with van der Waals surface area (Å²) in [6, 6.07) is 1.91. The summed E-state index contributed by atoms with van der Waals surface area (Å²) >= 11 is 0. The van der Waals surface area contributed by atoms with Crippen LogP contribution in [0.5, 0.6) is 0 Å². The number of carbonyl (C=O) groups excluding carboxylic acids is 1. The quantitative estimate of drug-likeness (QED) is 0.553. The third kappa shape index (κ3) is 3.08. The number of hydrogen-bond donors (Lipinski definition) is 0. The summed E-state index contributed by atoms with van der Waals surface area (Å²) in [4.78, 5) is 10.8. The molecule has 0 N–H and O–H groups in total. The summed E-state index contributed by atoms with van der Waals surface area (Å²) in [6.45, 7) is 3.81. The van der Waals surface area contributed by atoms with Crippen molar-refractivity contribution in [2.45, 2.75) is 20.3 Å². The van der Waals surface area contributed by atoms with Gasteiger partial charge in [0, 0.05) is 6.42 Å². The lowest BCUT2D eigenvalue weighted by atomic mass is 10.1. The Morgan fingerprint density at radius 1 is 1.80 bits per heavy atom. The molecule has 1 atom stereocenters. The van der Waals surface area contributed by atoms with E-state index < -0.39 is 0 Å². The minimum Gasteiger partial charge on any atom is -0.466 e. The van der Waals surface area contributed by atoms with E-state index in [1.54, 1.807) is 13.8 Å². The monoisotopic (exact) mass is 141 g/mol. The van der Waals surface area contributed by atoms with E-state index in [1.807, 2.05) is 6.07 Å². The first-order chi connectivity index (χ1) is 4.72. The van der Waals surface area contributed by atoms with Crippen molar-refractivity contribution in [1.29, 1.82) is 5.26 Å². The number of nitriles is 1. The Balaban J connectivity index is 3.62. The van der Waals surface area contributed by atoms with Crippen LogP contribution in [-0.2, 0) is 9.53 Å². The Morgan fingerprint density at radius 2 is 2.40 bits per heavy atom. The second-order valence-electron chi connectivity index (χ2n) is 2.02. The Hall–Kier alpha value is -1.04. The minimum absolute atomic E-state index is 0.235. The van der Waals surface area contributed by atoms with Gasteiger partial charge in [-0.1, -0.05) is 6.92 Å². The van der Waals surface area contributed by atoms with Crippen LogP contribution >= 0.6 is 0 Å². The molecule has 0 rings (SSSR count). The van der Waals surface area contributed by atoms with Crippen LogP contribution < -0.4 is 0 Å². The maximum absolute atomic E-state index is 10.8. The van der Waals surface area contributed by atoms with Gasteiger partial charge in [-0.25, -0.2) is 0 Å². The SMILES string of the molecule is CCOC(=O)[C@H](C)CC#N. The van der Waals surface area contributed by atoms with E-state index in [2.05, 4.69) is 4.74 Å². The highest BCUT2D eigenvalue weighted by Gasteiger charge is 2.12. The van der Waals surface area contributed by atoms with E-state index in [-0.39, 0.29) is 18.3 Å². The van der Waals surface area contributed by atoms with Crippen molar-refractivity contribution in [2.24, 2.45) is 5.92 Å². The Morgan fingerprint density at radius 3 is 2.80 bits per heavy atom. The largest absolute Gasteiger partial charge is 0.466 e. The van der Waals surface area contributed by atoms with Crippen LogP contribution in [0.25, 0.3) is 0 Å². The standard InChI is InChI=1S/C7H11NO2/c1-3-10-7(9)6(2)4-5-8/h6H,3-4H2,1-2H3/t6-/m1/s1. The molecule has 0 aliphatic carbocycles. The molecule has 0 aliphatic rings. The zero-order chi connectivity index (χ0) is 7.98. The molecule has 0 aromatic heterocycles. The molecule has 0 unspecified atom stereocenters. The normalized spacial score (nSPS) is 11.7. The molecular formula is C7H11NO2. The molecule has 0 aromatic carbocycles. The predicted molar refractivity (Wildman–Crippen MR) is 36.0 cm³/mol. The molecule has 0 fully saturated rings. The highest BCUT2D eigenvalue weighted by atomic mass is 16.5. The predicted octanol–water partition coefficient (Wildman–Crippen LogP) is 1.10. The van der Waals surface area contributed by atoms with Crippen molar-refractivity contribution in [3.05, 3.63) is 0 Å². The lowest BCUT2D eigenvalue weighted by Crippen LogP contribution is -2.13. The van der Waals surface area contributed by atoms with E-state index in [4.69, 9.17) is 5.26 Å². The molecule has 3 heteroatoms. The number of ether oxygens (including phenoxy) is 1. The van der Waals surface area contributed by atoms with Gasteiger partial charge in [0.05, 0.1) is 18.6 Å². The van der Waals surface area contributed by atoms with Crippen molar-refractivity contribution in [1.82, 2.24) is 0 Å². The average Bonchev–Trinajstić information content (AvgIpc) is 1.89. The van der Waals surface area contributed by atoms with Gasteiger partial charge in [0.1, 0.15) is 0 Å². The number of carbonyl (C=O) groups is 1. The second-order valence-corrected chi connectivity index (χ2v) is 2.02. The first kappa shape index (κ1) is 8.96. The molecule has 0 radical (unpaired) electrons. The van der Waals surface area contributed by atoms with Crippen molar-refractivity contribution >= 4 is 5.97 Å². The second kappa shape index (κ2) is 4.80. The topological polar surface area (TPSA) is 50.1 Å². The van der Waals surface area contributed by atoms with Gasteiger partial charge < -0.3 is 4.74 Å². The number of hydrogen-bond acceptors (Lipinski definition) is 3. The van der Waals surface area contributed by atoms with Crippen molar-refractivity contribution in [3.8, 4) is 6.07 Å². The van der Waals surface area contributed by atoms with Gasteiger partial charge in [-0.05, 0) is 6.92 Å². The zero-order valence-corrected chi connectivity index (χ0v) is 6.26. The van der Waals surface area contributed by atoms with E-state index in [0.29, 0.717) is 6.61 Å². The van der Waals surface area contributed by atoms with Gasteiger partial charge in [-0.3, -0.25) is 4.79 Å². The summed E-state index contributed by atoms with van der Waals surface area (Å²) in [6.07, 6.45) is 0.235. The average molecular weight is 141 g/mol. The Labute approximate surface area is 60.6 Å². The molecule has 0 amide bonds. The highest BCUT2D eigenvalue weighted by molar-refractivity contribution is 5.72. The van der Waals surface area contributed by atoms with Crippen LogP contribution in [0.15, 0.2) is 0 Å². The first-order valence-electron chi connectivity index (χ1n) is 3.26. The number of nitrogens with zero attached hydrogens (tertiary/aromatic N) is 1. The van der Waals surface area contributed by atoms with Crippen LogP contribution in [0.4, 0.5) is 0 Å². The molecule has 0 spiro atoms. The van der Waals surface area contributed by atoms with Gasteiger partial charge in [0.25, 0.3) is 0 Å². The van der Waals surface area contributed by atoms with Gasteiger partial charge in [-0.2, -0.15) is 5.26 Å². The van der Waals surface area contributed by atoms with Crippen LogP contribution in [0.3, 0.4) is 0 Å². The summed E-state index contributed by atoms with van der Waals surface area (Å²) in [7, 11) is 0. The fourth-order valence-electron chi connectivity index (χ4n) is 0.505. The maximum atomic E-state index is 10.8. The molecule has 0 bridgehead atoms. The van der Waals surface area contributed by atoms with E-state index in [9.17, 15) is 4.79 Å². The van der Waals surface area contributed by atoms with Gasteiger partial charge in [-0.15, -0.1) is 0 Å². The molecular weight excluding hydrogens is 130 g/mol. The smallest absolute Gasteiger partial charge is 0.309 e. The Bertz CT molecular complexity index is 148. The van der Waals surface area contributed by atoms with E-state index in [1.165, 1.54) is 0 Å². The maximum Gasteiger partial charge on any atom is 0.309 e. The van der Waals surface area contributed by atoms with Crippen molar-refractivity contribution in [3.63, 3.8) is 0 Å². The fourth-order valence-corrected chi connectivity index (χ4v) is 0.505. The molecule has 3 nitrogen and oxygen atoms in total. The summed E-state index contributed by atoms with van der Waals surface area (Å²) in [5.41, 5.74) is 0. The van der Waals surface area contributed by atoms with Crippen molar-refractivity contribution < 1.29 is 9.53 Å². The molecule has 0 heterocycles. The Kier molecular flexibility index (Phi) is 4.30. The van der Waals surface area contributed by atoms with Crippen LogP contribution in [0, 0.1) is 17.2 Å². The molecule has 56 valence electrons. The third-order valence-electron chi connectivity index (χ3n) is 1.09. The van der Waals surface area contributed by atoms with Crippen molar-refractivity contribution in [2.75, 3.05) is 6.61 Å². The lowest BCUT2D eigenvalue weighted by molar-refractivity contribution is -0.147. The van der Waals surface area contributed by atoms with E-state index in [0.717, 1.165) is 0 Å². The third-order valence-corrected chi connectivity index (χ3v) is 1.09. The molecule has 0 saturated carbocycles. The molecule has 0 saturated heterocycles. The summed E-state index contributed by atoms with van der Waals surface area (Å²) in [5, 5.41) is 8.20. The zero-order valence-electron chi connectivity index (χ0n) is 6.26. The summed E-state index contributed by atoms with van der Waals surface area (Å²) < 4.78 is 4.67. The lowest BCUT2D eigenvalue weighted by Gasteiger charge is -2.04. The van der Waals surface area contributed by atoms with Gasteiger partial charge in [0.2, 0.25) is 0 Å². The first-order valence-corrected chi connectivity index (χ1v) is 3.26. The fraction of sp³-hybridized carbons (Fsp3) is 0.714. The molecule has 10 heavy (non-hydrogen) atoms. The molecule has 0 aromatic rings. The summed E-state index contributed by atoms with van der Waals surface area (Å²) in [5.74, 6) is -0.575. The minimum atomic E-state index is -0.288. The van der Waals surface area contributed by atoms with Crippen LogP contribution in [0.2, 0.25) is 0 Å². The van der Waals surface area contributed by atoms with Crippen LogP contribution in [-0.4, -0.2) is 12.6 Å². The molecule has 0 aliphatic heterocycles. The number of esters is 1.